The Kier molecular flexibility index (Phi) is 5.68. The first kappa shape index (κ1) is 12.4. The molecule has 0 heterocycles. The van der Waals surface area contributed by atoms with Gasteiger partial charge in [0.1, 0.15) is 6.10 Å². The summed E-state index contributed by atoms with van der Waals surface area (Å²) in [6.07, 6.45) is -0.307. The van der Waals surface area contributed by atoms with E-state index in [4.69, 9.17) is 10.00 Å². The van der Waals surface area contributed by atoms with Gasteiger partial charge in [-0.15, -0.1) is 0 Å². The van der Waals surface area contributed by atoms with Crippen molar-refractivity contribution in [2.45, 2.75) is 52.4 Å². The summed E-state index contributed by atoms with van der Waals surface area (Å²) in [5.41, 5.74) is 0. The number of nitrogens with zero attached hydrogens (tertiary/aromatic N) is 1. The second-order valence-electron chi connectivity index (χ2n) is 3.52. The van der Waals surface area contributed by atoms with Gasteiger partial charge in [0, 0.05) is 0 Å². The van der Waals surface area contributed by atoms with E-state index < -0.39 is 12.2 Å². The van der Waals surface area contributed by atoms with E-state index in [0.29, 0.717) is 0 Å². The molecule has 0 aromatic heterocycles. The van der Waals surface area contributed by atoms with Crippen molar-refractivity contribution in [2.24, 2.45) is 5.92 Å². The number of rotatable bonds is 5. The molecule has 0 aliphatic rings. The molecule has 3 heteroatoms. The molecule has 0 aliphatic carbocycles. The molecule has 0 fully saturated rings. The number of aliphatic hydroxyl groups is 1. The maximum Gasteiger partial charge on any atom is 0.146 e. The van der Waals surface area contributed by atoms with Crippen molar-refractivity contribution in [3.63, 3.8) is 0 Å². The number of ether oxygens (including phenoxy) is 1. The van der Waals surface area contributed by atoms with E-state index in [2.05, 4.69) is 6.07 Å². The summed E-state index contributed by atoms with van der Waals surface area (Å²) < 4.78 is 5.40. The van der Waals surface area contributed by atoms with Crippen LogP contribution in [0.1, 0.15) is 34.1 Å². The van der Waals surface area contributed by atoms with Gasteiger partial charge in [0.05, 0.1) is 18.3 Å². The van der Waals surface area contributed by atoms with Crippen LogP contribution >= 0.6 is 0 Å². The maximum absolute atomic E-state index is 9.19. The topological polar surface area (TPSA) is 53.2 Å². The quantitative estimate of drug-likeness (QED) is 0.709. The normalized spacial score (nSPS) is 20.0. The van der Waals surface area contributed by atoms with Gasteiger partial charge in [-0.3, -0.25) is 0 Å². The predicted octanol–water partition coefficient (Wildman–Crippen LogP) is 1.71. The molecular weight excluding hydrogens is 166 g/mol. The third-order valence-corrected chi connectivity index (χ3v) is 2.33. The van der Waals surface area contributed by atoms with Gasteiger partial charge in [-0.1, -0.05) is 20.3 Å². The molecule has 0 aromatic rings. The van der Waals surface area contributed by atoms with Crippen LogP contribution in [0.2, 0.25) is 0 Å². The van der Waals surface area contributed by atoms with E-state index in [-0.39, 0.29) is 12.0 Å². The van der Waals surface area contributed by atoms with Gasteiger partial charge in [-0.2, -0.15) is 5.26 Å². The van der Waals surface area contributed by atoms with E-state index in [0.717, 1.165) is 6.42 Å². The Morgan fingerprint density at radius 3 is 2.23 bits per heavy atom. The Balaban J connectivity index is 4.07. The average Bonchev–Trinajstić information content (AvgIpc) is 2.12. The van der Waals surface area contributed by atoms with Crippen LogP contribution in [0.5, 0.6) is 0 Å². The van der Waals surface area contributed by atoms with Gasteiger partial charge in [-0.05, 0) is 19.8 Å². The maximum atomic E-state index is 9.19. The van der Waals surface area contributed by atoms with E-state index in [9.17, 15) is 5.11 Å². The number of hydrogen-bond acceptors (Lipinski definition) is 3. The van der Waals surface area contributed by atoms with Gasteiger partial charge in [0.15, 0.2) is 0 Å². The standard InChI is InChI=1S/C10H19NO2/c1-5-7(2)10(6-11)13-9(4)8(3)12/h7-10,12H,5H2,1-4H3. The summed E-state index contributed by atoms with van der Waals surface area (Å²) in [6.45, 7) is 7.43. The van der Waals surface area contributed by atoms with Gasteiger partial charge < -0.3 is 9.84 Å². The first-order chi connectivity index (χ1) is 6.02. The Morgan fingerprint density at radius 2 is 1.92 bits per heavy atom. The van der Waals surface area contributed by atoms with Crippen LogP contribution in [0.15, 0.2) is 0 Å². The largest absolute Gasteiger partial charge is 0.391 e. The third kappa shape index (κ3) is 4.25. The lowest BCUT2D eigenvalue weighted by Gasteiger charge is -2.22. The summed E-state index contributed by atoms with van der Waals surface area (Å²) in [4.78, 5) is 0. The molecule has 0 amide bonds. The number of nitriles is 1. The molecule has 76 valence electrons. The summed E-state index contributed by atoms with van der Waals surface area (Å²) in [7, 11) is 0. The van der Waals surface area contributed by atoms with E-state index in [1.807, 2.05) is 13.8 Å². The van der Waals surface area contributed by atoms with Gasteiger partial charge in [0.2, 0.25) is 0 Å². The molecule has 0 saturated carbocycles. The number of hydrogen-bond donors (Lipinski definition) is 1. The van der Waals surface area contributed by atoms with Gasteiger partial charge >= 0.3 is 0 Å². The number of aliphatic hydroxyl groups excluding tert-OH is 1. The molecule has 0 saturated heterocycles. The lowest BCUT2D eigenvalue weighted by atomic mass is 10.0. The fourth-order valence-electron chi connectivity index (χ4n) is 0.851. The molecular formula is C10H19NO2. The summed E-state index contributed by atoms with van der Waals surface area (Å²) >= 11 is 0. The molecule has 13 heavy (non-hydrogen) atoms. The highest BCUT2D eigenvalue weighted by Crippen LogP contribution is 2.13. The Morgan fingerprint density at radius 1 is 1.38 bits per heavy atom. The smallest absolute Gasteiger partial charge is 0.146 e. The van der Waals surface area contributed by atoms with E-state index >= 15 is 0 Å². The van der Waals surface area contributed by atoms with Crippen LogP contribution in [0, 0.1) is 17.2 Å². The predicted molar refractivity (Wildman–Crippen MR) is 51.1 cm³/mol. The van der Waals surface area contributed by atoms with Crippen molar-refractivity contribution in [3.8, 4) is 6.07 Å². The first-order valence-corrected chi connectivity index (χ1v) is 4.76. The highest BCUT2D eigenvalue weighted by atomic mass is 16.5. The van der Waals surface area contributed by atoms with Crippen molar-refractivity contribution >= 4 is 0 Å². The zero-order chi connectivity index (χ0) is 10.4. The summed E-state index contributed by atoms with van der Waals surface area (Å²) in [5, 5.41) is 18.0. The molecule has 0 rings (SSSR count). The van der Waals surface area contributed by atoms with E-state index in [1.165, 1.54) is 0 Å². The molecule has 1 N–H and O–H groups in total. The molecule has 0 aromatic carbocycles. The van der Waals surface area contributed by atoms with E-state index in [1.54, 1.807) is 13.8 Å². The fraction of sp³-hybridized carbons (Fsp3) is 0.900. The molecule has 0 radical (unpaired) electrons. The van der Waals surface area contributed by atoms with Crippen molar-refractivity contribution in [2.75, 3.05) is 0 Å². The molecule has 3 nitrogen and oxygen atoms in total. The third-order valence-electron chi connectivity index (χ3n) is 2.33. The van der Waals surface area contributed by atoms with Crippen LogP contribution in [0.4, 0.5) is 0 Å². The highest BCUT2D eigenvalue weighted by Gasteiger charge is 2.20. The molecule has 0 aliphatic heterocycles. The van der Waals surface area contributed by atoms with Crippen molar-refractivity contribution in [1.82, 2.24) is 0 Å². The van der Waals surface area contributed by atoms with Crippen molar-refractivity contribution in [3.05, 3.63) is 0 Å². The second kappa shape index (κ2) is 5.95. The van der Waals surface area contributed by atoms with Crippen molar-refractivity contribution in [1.29, 1.82) is 5.26 Å². The van der Waals surface area contributed by atoms with Crippen molar-refractivity contribution < 1.29 is 9.84 Å². The Hall–Kier alpha value is -0.590. The minimum absolute atomic E-state index is 0.214. The average molecular weight is 185 g/mol. The Bertz CT molecular complexity index is 174. The Labute approximate surface area is 80.3 Å². The zero-order valence-electron chi connectivity index (χ0n) is 8.82. The van der Waals surface area contributed by atoms with Crippen LogP contribution < -0.4 is 0 Å². The van der Waals surface area contributed by atoms with Crippen LogP contribution in [-0.4, -0.2) is 23.4 Å². The van der Waals surface area contributed by atoms with Crippen LogP contribution in [0.3, 0.4) is 0 Å². The fourth-order valence-corrected chi connectivity index (χ4v) is 0.851. The van der Waals surface area contributed by atoms with Gasteiger partial charge in [0.25, 0.3) is 0 Å². The molecule has 4 atom stereocenters. The first-order valence-electron chi connectivity index (χ1n) is 4.76. The monoisotopic (exact) mass is 185 g/mol. The molecule has 0 bridgehead atoms. The summed E-state index contributed by atoms with van der Waals surface area (Å²) in [6, 6.07) is 2.11. The minimum Gasteiger partial charge on any atom is -0.391 e. The highest BCUT2D eigenvalue weighted by molar-refractivity contribution is 4.88. The lowest BCUT2D eigenvalue weighted by molar-refractivity contribution is -0.0578. The van der Waals surface area contributed by atoms with Gasteiger partial charge in [-0.25, -0.2) is 0 Å². The zero-order valence-corrected chi connectivity index (χ0v) is 8.82. The second-order valence-corrected chi connectivity index (χ2v) is 3.52. The summed E-state index contributed by atoms with van der Waals surface area (Å²) in [5.74, 6) is 0.214. The SMILES string of the molecule is CCC(C)C(C#N)OC(C)C(C)O. The van der Waals surface area contributed by atoms with Crippen LogP contribution in [0.25, 0.3) is 0 Å². The molecule has 4 unspecified atom stereocenters. The van der Waals surface area contributed by atoms with Crippen LogP contribution in [-0.2, 0) is 4.74 Å². The lowest BCUT2D eigenvalue weighted by Crippen LogP contribution is -2.31. The minimum atomic E-state index is -0.528. The molecule has 0 spiro atoms.